The lowest BCUT2D eigenvalue weighted by atomic mass is 10.2. The molecule has 1 fully saturated rings. The van der Waals surface area contributed by atoms with Crippen molar-refractivity contribution >= 4 is 39.6 Å². The second kappa shape index (κ2) is 7.84. The third-order valence-corrected chi connectivity index (χ3v) is 5.16. The van der Waals surface area contributed by atoms with Gasteiger partial charge in [-0.05, 0) is 47.0 Å². The van der Waals surface area contributed by atoms with Gasteiger partial charge in [-0.3, -0.25) is 4.79 Å². The topological polar surface area (TPSA) is 57.6 Å². The fourth-order valence-electron chi connectivity index (χ4n) is 2.31. The van der Waals surface area contributed by atoms with Crippen LogP contribution in [0.4, 0.5) is 0 Å². The van der Waals surface area contributed by atoms with E-state index < -0.39 is 5.97 Å². The van der Waals surface area contributed by atoms with Gasteiger partial charge in [-0.2, -0.15) is 0 Å². The number of amides is 1. The number of carboxylic acids is 1. The van der Waals surface area contributed by atoms with Gasteiger partial charge in [0, 0.05) is 22.5 Å². The molecule has 0 aliphatic carbocycles. The molecule has 1 aromatic rings. The molecule has 1 aliphatic rings. The summed E-state index contributed by atoms with van der Waals surface area (Å²) in [4.78, 5) is 26.0. The molecule has 1 saturated heterocycles. The van der Waals surface area contributed by atoms with E-state index in [1.54, 1.807) is 12.1 Å². The number of carbonyl (C=O) groups excluding carboxylic acids is 1. The van der Waals surface area contributed by atoms with Crippen molar-refractivity contribution in [1.29, 1.82) is 0 Å². The van der Waals surface area contributed by atoms with Crippen LogP contribution in [0.2, 0.25) is 0 Å². The number of halogens is 1. The average molecular weight is 372 g/mol. The number of benzene rings is 1. The first-order valence-corrected chi connectivity index (χ1v) is 8.79. The minimum atomic E-state index is -0.969. The lowest BCUT2D eigenvalue weighted by Gasteiger charge is -2.20. The average Bonchev–Trinajstić information content (AvgIpc) is 2.75. The van der Waals surface area contributed by atoms with Crippen molar-refractivity contribution in [2.75, 3.05) is 18.8 Å². The van der Waals surface area contributed by atoms with E-state index in [4.69, 9.17) is 5.11 Å². The number of likely N-dealkylation sites (tertiary alicyclic amines) is 1. The summed E-state index contributed by atoms with van der Waals surface area (Å²) in [5.74, 6) is -0.467. The van der Waals surface area contributed by atoms with Gasteiger partial charge in [0.05, 0.1) is 11.3 Å². The molecule has 1 aliphatic heterocycles. The zero-order valence-electron chi connectivity index (χ0n) is 11.7. The first-order chi connectivity index (χ1) is 10.1. The van der Waals surface area contributed by atoms with Gasteiger partial charge in [-0.25, -0.2) is 4.79 Å². The molecule has 6 heteroatoms. The Kier molecular flexibility index (Phi) is 6.11. The highest BCUT2D eigenvalue weighted by molar-refractivity contribution is 9.10. The molecule has 0 aromatic heterocycles. The maximum absolute atomic E-state index is 12.2. The fourth-order valence-corrected chi connectivity index (χ4v) is 3.57. The van der Waals surface area contributed by atoms with E-state index in [1.807, 2.05) is 11.0 Å². The maximum atomic E-state index is 12.2. The van der Waals surface area contributed by atoms with Gasteiger partial charge in [-0.15, -0.1) is 11.8 Å². The standard InChI is InChI=1S/C15H18BrNO3S/c16-13-6-5-11(9-12(13)15(19)20)21-10-14(18)17-7-3-1-2-4-8-17/h5-6,9H,1-4,7-8,10H2,(H,19,20). The van der Waals surface area contributed by atoms with Crippen molar-refractivity contribution in [3.05, 3.63) is 28.2 Å². The van der Waals surface area contributed by atoms with Crippen LogP contribution in [0.25, 0.3) is 0 Å². The van der Waals surface area contributed by atoms with Gasteiger partial charge in [0.1, 0.15) is 0 Å². The number of aromatic carboxylic acids is 1. The summed E-state index contributed by atoms with van der Waals surface area (Å²) in [6.07, 6.45) is 4.56. The predicted octanol–water partition coefficient (Wildman–Crippen LogP) is 3.64. The normalized spacial score (nSPS) is 15.6. The van der Waals surface area contributed by atoms with E-state index in [0.717, 1.165) is 30.8 Å². The second-order valence-electron chi connectivity index (χ2n) is 5.03. The van der Waals surface area contributed by atoms with Crippen molar-refractivity contribution in [3.8, 4) is 0 Å². The first-order valence-electron chi connectivity index (χ1n) is 7.01. The Morgan fingerprint density at radius 1 is 1.19 bits per heavy atom. The summed E-state index contributed by atoms with van der Waals surface area (Å²) < 4.78 is 0.554. The van der Waals surface area contributed by atoms with E-state index >= 15 is 0 Å². The van der Waals surface area contributed by atoms with Crippen molar-refractivity contribution in [2.45, 2.75) is 30.6 Å². The van der Waals surface area contributed by atoms with Crippen LogP contribution in [-0.2, 0) is 4.79 Å². The number of rotatable bonds is 4. The Morgan fingerprint density at radius 3 is 2.48 bits per heavy atom. The minimum Gasteiger partial charge on any atom is -0.478 e. The van der Waals surface area contributed by atoms with Crippen molar-refractivity contribution in [3.63, 3.8) is 0 Å². The van der Waals surface area contributed by atoms with E-state index in [2.05, 4.69) is 15.9 Å². The molecule has 0 saturated carbocycles. The summed E-state index contributed by atoms with van der Waals surface area (Å²) in [6, 6.07) is 5.14. The summed E-state index contributed by atoms with van der Waals surface area (Å²) in [6.45, 7) is 1.69. The van der Waals surface area contributed by atoms with E-state index in [9.17, 15) is 9.59 Å². The molecule has 0 atom stereocenters. The minimum absolute atomic E-state index is 0.140. The van der Waals surface area contributed by atoms with Crippen molar-refractivity contribution in [2.24, 2.45) is 0 Å². The van der Waals surface area contributed by atoms with Gasteiger partial charge in [-0.1, -0.05) is 12.8 Å². The van der Waals surface area contributed by atoms with Gasteiger partial charge >= 0.3 is 5.97 Å². The van der Waals surface area contributed by atoms with Gasteiger partial charge in [0.15, 0.2) is 0 Å². The highest BCUT2D eigenvalue weighted by atomic mass is 79.9. The molecule has 21 heavy (non-hydrogen) atoms. The van der Waals surface area contributed by atoms with Crippen LogP contribution in [-0.4, -0.2) is 40.7 Å². The van der Waals surface area contributed by atoms with Crippen molar-refractivity contribution in [1.82, 2.24) is 4.90 Å². The monoisotopic (exact) mass is 371 g/mol. The smallest absolute Gasteiger partial charge is 0.336 e. The zero-order chi connectivity index (χ0) is 15.2. The first kappa shape index (κ1) is 16.4. The Balaban J connectivity index is 1.94. The third kappa shape index (κ3) is 4.74. The molecule has 0 spiro atoms. The maximum Gasteiger partial charge on any atom is 0.336 e. The quantitative estimate of drug-likeness (QED) is 0.820. The number of hydrogen-bond acceptors (Lipinski definition) is 3. The molecule has 1 aromatic carbocycles. The number of nitrogens with zero attached hydrogens (tertiary/aromatic N) is 1. The van der Waals surface area contributed by atoms with E-state index in [-0.39, 0.29) is 11.5 Å². The molecule has 1 amide bonds. The van der Waals surface area contributed by atoms with Crippen LogP contribution in [0.3, 0.4) is 0 Å². The number of carbonyl (C=O) groups is 2. The highest BCUT2D eigenvalue weighted by Crippen LogP contribution is 2.25. The van der Waals surface area contributed by atoms with Crippen LogP contribution < -0.4 is 0 Å². The molecule has 0 radical (unpaired) electrons. The second-order valence-corrected chi connectivity index (χ2v) is 6.93. The zero-order valence-corrected chi connectivity index (χ0v) is 14.1. The van der Waals surface area contributed by atoms with Gasteiger partial charge in [0.2, 0.25) is 5.91 Å². The summed E-state index contributed by atoms with van der Waals surface area (Å²) in [7, 11) is 0. The molecular formula is C15H18BrNO3S. The lowest BCUT2D eigenvalue weighted by Crippen LogP contribution is -2.33. The van der Waals surface area contributed by atoms with Crippen LogP contribution >= 0.6 is 27.7 Å². The molecule has 1 N–H and O–H groups in total. The van der Waals surface area contributed by atoms with Crippen molar-refractivity contribution < 1.29 is 14.7 Å². The SMILES string of the molecule is O=C(O)c1cc(SCC(=O)N2CCCCCC2)ccc1Br. The molecule has 2 rings (SSSR count). The Bertz CT molecular complexity index is 528. The molecule has 0 unspecified atom stereocenters. The van der Waals surface area contributed by atoms with Crippen LogP contribution in [0.5, 0.6) is 0 Å². The Morgan fingerprint density at radius 2 is 1.86 bits per heavy atom. The van der Waals surface area contributed by atoms with Gasteiger partial charge < -0.3 is 10.0 Å². The Hall–Kier alpha value is -1.01. The third-order valence-electron chi connectivity index (χ3n) is 3.49. The fraction of sp³-hybridized carbons (Fsp3) is 0.467. The van der Waals surface area contributed by atoms with Crippen LogP contribution in [0, 0.1) is 0 Å². The lowest BCUT2D eigenvalue weighted by molar-refractivity contribution is -0.128. The van der Waals surface area contributed by atoms with Crippen LogP contribution in [0.15, 0.2) is 27.6 Å². The molecular weight excluding hydrogens is 354 g/mol. The number of thioether (sulfide) groups is 1. The van der Waals surface area contributed by atoms with E-state index in [1.165, 1.54) is 24.6 Å². The Labute approximate surface area is 137 Å². The largest absolute Gasteiger partial charge is 0.478 e. The predicted molar refractivity (Wildman–Crippen MR) is 86.9 cm³/mol. The molecule has 114 valence electrons. The summed E-state index contributed by atoms with van der Waals surface area (Å²) in [5, 5.41) is 9.09. The van der Waals surface area contributed by atoms with E-state index in [0.29, 0.717) is 10.2 Å². The van der Waals surface area contributed by atoms with Gasteiger partial charge in [0.25, 0.3) is 0 Å². The summed E-state index contributed by atoms with van der Waals surface area (Å²) >= 11 is 4.61. The summed E-state index contributed by atoms with van der Waals surface area (Å²) in [5.41, 5.74) is 0.224. The highest BCUT2D eigenvalue weighted by Gasteiger charge is 2.16. The molecule has 4 nitrogen and oxygen atoms in total. The van der Waals surface area contributed by atoms with Crippen LogP contribution in [0.1, 0.15) is 36.0 Å². The molecule has 0 bridgehead atoms. The number of hydrogen-bond donors (Lipinski definition) is 1. The number of carboxylic acid groups (broad SMARTS) is 1. The molecule has 1 heterocycles.